The van der Waals surface area contributed by atoms with Crippen LogP contribution in [-0.2, 0) is 14.4 Å². The second-order valence-electron chi connectivity index (χ2n) is 9.84. The Hall–Kier alpha value is -1.49. The minimum absolute atomic E-state index is 0.00838. The molecule has 148 valence electrons. The second kappa shape index (κ2) is 6.00. The van der Waals surface area contributed by atoms with Crippen molar-refractivity contribution in [3.05, 3.63) is 11.6 Å². The smallest absolute Gasteiger partial charge is 0.306 e. The molecule has 5 heteroatoms. The number of hydrogen-bond acceptors (Lipinski definition) is 4. The van der Waals surface area contributed by atoms with Crippen LogP contribution in [-0.4, -0.2) is 33.9 Å². The minimum Gasteiger partial charge on any atom is -0.481 e. The van der Waals surface area contributed by atoms with Crippen LogP contribution in [0.2, 0.25) is 0 Å². The summed E-state index contributed by atoms with van der Waals surface area (Å²) in [4.78, 5) is 37.0. The van der Waals surface area contributed by atoms with Crippen LogP contribution in [0.5, 0.6) is 0 Å². The summed E-state index contributed by atoms with van der Waals surface area (Å²) in [5, 5.41) is 20.6. The van der Waals surface area contributed by atoms with E-state index < -0.39 is 23.4 Å². The Labute approximate surface area is 160 Å². The number of hydrogen-bond donors (Lipinski definition) is 2. The topological polar surface area (TPSA) is 91.7 Å². The van der Waals surface area contributed by atoms with Crippen molar-refractivity contribution >= 4 is 17.5 Å². The first-order chi connectivity index (χ1) is 12.6. The number of aliphatic hydroxyl groups is 1. The van der Waals surface area contributed by atoms with Crippen molar-refractivity contribution < 1.29 is 24.6 Å². The lowest BCUT2D eigenvalue weighted by atomic mass is 9.45. The van der Waals surface area contributed by atoms with E-state index in [2.05, 4.69) is 6.92 Å². The fraction of sp³-hybridized carbons (Fsp3) is 0.773. The highest BCUT2D eigenvalue weighted by Crippen LogP contribution is 2.66. The molecule has 3 saturated carbocycles. The van der Waals surface area contributed by atoms with Crippen molar-refractivity contribution in [2.75, 3.05) is 0 Å². The molecule has 8 atom stereocenters. The Kier molecular flexibility index (Phi) is 4.19. The molecule has 0 spiro atoms. The first-order valence-corrected chi connectivity index (χ1v) is 10.3. The molecule has 0 saturated heterocycles. The molecule has 2 N–H and O–H groups in total. The van der Waals surface area contributed by atoms with Gasteiger partial charge in [0, 0.05) is 18.3 Å². The Morgan fingerprint density at radius 3 is 2.56 bits per heavy atom. The number of ketones is 2. The molecule has 0 unspecified atom stereocenters. The van der Waals surface area contributed by atoms with Crippen LogP contribution >= 0.6 is 0 Å². The minimum atomic E-state index is -0.844. The van der Waals surface area contributed by atoms with Crippen LogP contribution in [0, 0.1) is 40.4 Å². The Balaban J connectivity index is 1.74. The van der Waals surface area contributed by atoms with Crippen molar-refractivity contribution in [2.24, 2.45) is 40.4 Å². The molecule has 4 rings (SSSR count). The maximum absolute atomic E-state index is 13.4. The maximum Gasteiger partial charge on any atom is 0.306 e. The lowest BCUT2D eigenvalue weighted by molar-refractivity contribution is -0.160. The quantitative estimate of drug-likeness (QED) is 0.775. The molecule has 0 aromatic rings. The summed E-state index contributed by atoms with van der Waals surface area (Å²) in [6, 6.07) is 0. The number of carbonyl (C=O) groups excluding carboxylic acids is 2. The number of aliphatic hydroxyl groups excluding tert-OH is 1. The van der Waals surface area contributed by atoms with Crippen molar-refractivity contribution in [1.29, 1.82) is 0 Å². The van der Waals surface area contributed by atoms with E-state index in [0.717, 1.165) is 24.8 Å². The molecule has 0 bridgehead atoms. The SMILES string of the molecule is C[C@@H](C(=O)O)[C@H]1CC[C@H]2[C@@H]3[C@H](O)CC4=CC(=O)CC[C@]4(C)[C@H]3CC(=O)[C@]12C. The highest BCUT2D eigenvalue weighted by Gasteiger charge is 2.65. The molecule has 0 aromatic heterocycles. The zero-order valence-electron chi connectivity index (χ0n) is 16.4. The van der Waals surface area contributed by atoms with Crippen molar-refractivity contribution in [2.45, 2.75) is 65.4 Å². The van der Waals surface area contributed by atoms with Crippen molar-refractivity contribution in [3.63, 3.8) is 0 Å². The summed E-state index contributed by atoms with van der Waals surface area (Å²) in [5.74, 6) is -1.20. The molecule has 0 aromatic carbocycles. The predicted octanol–water partition coefficient (Wildman–Crippen LogP) is 3.01. The molecule has 27 heavy (non-hydrogen) atoms. The summed E-state index contributed by atoms with van der Waals surface area (Å²) in [6.45, 7) is 5.83. The molecule has 0 amide bonds. The van der Waals surface area contributed by atoms with Crippen LogP contribution in [0.1, 0.15) is 59.3 Å². The maximum atomic E-state index is 13.4. The van der Waals surface area contributed by atoms with Gasteiger partial charge in [-0.05, 0) is 60.8 Å². The molecule has 5 nitrogen and oxygen atoms in total. The Bertz CT molecular complexity index is 739. The van der Waals surface area contributed by atoms with Gasteiger partial charge in [-0.15, -0.1) is 0 Å². The van der Waals surface area contributed by atoms with Crippen LogP contribution in [0.15, 0.2) is 11.6 Å². The Morgan fingerprint density at radius 1 is 1.19 bits per heavy atom. The first-order valence-electron chi connectivity index (χ1n) is 10.3. The molecular formula is C22H30O5. The lowest BCUT2D eigenvalue weighted by Gasteiger charge is -2.58. The zero-order chi connectivity index (χ0) is 19.7. The molecule has 0 radical (unpaired) electrons. The molecule has 0 heterocycles. The van der Waals surface area contributed by atoms with Gasteiger partial charge in [0.05, 0.1) is 12.0 Å². The number of carboxylic acids is 1. The monoisotopic (exact) mass is 374 g/mol. The van der Waals surface area contributed by atoms with Gasteiger partial charge in [-0.25, -0.2) is 0 Å². The standard InChI is InChI=1S/C22H30O5/c1-11(20(26)27)14-4-5-15-19-16(10-18(25)22(14,15)3)21(2)7-6-13(23)8-12(21)9-17(19)24/h8,11,14-17,19,24H,4-7,9-10H2,1-3H3,(H,26,27)/t11-,14-,15+,16+,17-,19+,21+,22-/m1/s1. The largest absolute Gasteiger partial charge is 0.481 e. The third kappa shape index (κ3) is 2.43. The van der Waals surface area contributed by atoms with E-state index in [-0.39, 0.29) is 40.7 Å². The highest BCUT2D eigenvalue weighted by molar-refractivity contribution is 5.92. The molecule has 3 fully saturated rings. The van der Waals surface area contributed by atoms with Gasteiger partial charge in [-0.2, -0.15) is 0 Å². The summed E-state index contributed by atoms with van der Waals surface area (Å²) >= 11 is 0. The Morgan fingerprint density at radius 2 is 1.89 bits per heavy atom. The number of rotatable bonds is 2. The highest BCUT2D eigenvalue weighted by atomic mass is 16.4. The molecule has 0 aliphatic heterocycles. The average molecular weight is 374 g/mol. The van der Waals surface area contributed by atoms with Crippen LogP contribution in [0.25, 0.3) is 0 Å². The first kappa shape index (κ1) is 18.9. The normalized spacial score (nSPS) is 47.6. The molecule has 4 aliphatic rings. The van der Waals surface area contributed by atoms with Gasteiger partial charge < -0.3 is 10.2 Å². The third-order valence-corrected chi connectivity index (χ3v) is 8.91. The number of carbonyl (C=O) groups is 3. The van der Waals surface area contributed by atoms with Gasteiger partial charge >= 0.3 is 5.97 Å². The van der Waals surface area contributed by atoms with Crippen LogP contribution in [0.3, 0.4) is 0 Å². The van der Waals surface area contributed by atoms with Crippen molar-refractivity contribution in [1.82, 2.24) is 0 Å². The zero-order valence-corrected chi connectivity index (χ0v) is 16.4. The number of carboxylic acid groups (broad SMARTS) is 1. The summed E-state index contributed by atoms with van der Waals surface area (Å²) in [6.07, 6.45) is 4.83. The summed E-state index contributed by atoms with van der Waals surface area (Å²) in [5.41, 5.74) is 0.144. The van der Waals surface area contributed by atoms with Crippen LogP contribution in [0.4, 0.5) is 0 Å². The molecule has 4 aliphatic carbocycles. The van der Waals surface area contributed by atoms with Gasteiger partial charge in [0.1, 0.15) is 5.78 Å². The van der Waals surface area contributed by atoms with E-state index in [0.29, 0.717) is 19.3 Å². The van der Waals surface area contributed by atoms with Gasteiger partial charge in [0.2, 0.25) is 0 Å². The van der Waals surface area contributed by atoms with E-state index in [9.17, 15) is 24.6 Å². The predicted molar refractivity (Wildman–Crippen MR) is 98.8 cm³/mol. The fourth-order valence-electron chi connectivity index (χ4n) is 7.26. The van der Waals surface area contributed by atoms with E-state index in [1.807, 2.05) is 6.92 Å². The van der Waals surface area contributed by atoms with E-state index in [4.69, 9.17) is 0 Å². The number of aliphatic carboxylic acids is 1. The van der Waals surface area contributed by atoms with Gasteiger partial charge in [0.15, 0.2) is 5.78 Å². The van der Waals surface area contributed by atoms with Gasteiger partial charge in [0.25, 0.3) is 0 Å². The van der Waals surface area contributed by atoms with Crippen molar-refractivity contribution in [3.8, 4) is 0 Å². The molecular weight excluding hydrogens is 344 g/mol. The lowest BCUT2D eigenvalue weighted by Crippen LogP contribution is -2.59. The average Bonchev–Trinajstić information content (AvgIpc) is 2.95. The van der Waals surface area contributed by atoms with E-state index in [1.54, 1.807) is 13.0 Å². The van der Waals surface area contributed by atoms with E-state index in [1.165, 1.54) is 0 Å². The van der Waals surface area contributed by atoms with Gasteiger partial charge in [-0.3, -0.25) is 14.4 Å². The summed E-state index contributed by atoms with van der Waals surface area (Å²) in [7, 11) is 0. The number of fused-ring (bicyclic) bond motifs is 5. The van der Waals surface area contributed by atoms with E-state index >= 15 is 0 Å². The second-order valence-corrected chi connectivity index (χ2v) is 9.84. The van der Waals surface area contributed by atoms with Gasteiger partial charge in [-0.1, -0.05) is 26.3 Å². The fourth-order valence-corrected chi connectivity index (χ4v) is 7.26. The van der Waals surface area contributed by atoms with Crippen LogP contribution < -0.4 is 0 Å². The number of Topliss-reactive ketones (excluding diaryl/α,β-unsaturated/α-hetero) is 1. The third-order valence-electron chi connectivity index (χ3n) is 8.91. The summed E-state index contributed by atoms with van der Waals surface area (Å²) < 4.78 is 0.